The lowest BCUT2D eigenvalue weighted by atomic mass is 10.0. The van der Waals surface area contributed by atoms with Crippen LogP contribution >= 0.6 is 11.3 Å². The highest BCUT2D eigenvalue weighted by atomic mass is 32.1. The molecule has 0 nitrogen and oxygen atoms in total. The molecule has 2 aromatic rings. The molecule has 0 radical (unpaired) electrons. The van der Waals surface area contributed by atoms with Crippen molar-refractivity contribution < 1.29 is 4.39 Å². The summed E-state index contributed by atoms with van der Waals surface area (Å²) in [6, 6.07) is 6.09. The summed E-state index contributed by atoms with van der Waals surface area (Å²) in [5.74, 6) is -0.0491. The van der Waals surface area contributed by atoms with Crippen LogP contribution in [-0.4, -0.2) is 0 Å². The second kappa shape index (κ2) is 8.98. The highest BCUT2D eigenvalue weighted by molar-refractivity contribution is 7.19. The molecule has 1 aromatic carbocycles. The van der Waals surface area contributed by atoms with Crippen LogP contribution in [0.4, 0.5) is 4.39 Å². The van der Waals surface area contributed by atoms with Crippen LogP contribution in [0.2, 0.25) is 0 Å². The summed E-state index contributed by atoms with van der Waals surface area (Å²) in [5, 5.41) is 1.03. The number of thiophene rings is 1. The van der Waals surface area contributed by atoms with Crippen molar-refractivity contribution in [2.45, 2.75) is 52.4 Å². The second-order valence-electron chi connectivity index (χ2n) is 6.32. The van der Waals surface area contributed by atoms with Gasteiger partial charge in [0.15, 0.2) is 0 Å². The van der Waals surface area contributed by atoms with Crippen LogP contribution in [0.3, 0.4) is 0 Å². The summed E-state index contributed by atoms with van der Waals surface area (Å²) < 4.78 is 15.5. The van der Waals surface area contributed by atoms with E-state index in [-0.39, 0.29) is 5.82 Å². The molecule has 1 aromatic heterocycles. The van der Waals surface area contributed by atoms with Gasteiger partial charge in [0.2, 0.25) is 0 Å². The van der Waals surface area contributed by atoms with Gasteiger partial charge in [0.05, 0.1) is 4.70 Å². The van der Waals surface area contributed by atoms with Crippen molar-refractivity contribution in [3.8, 4) is 0 Å². The van der Waals surface area contributed by atoms with Crippen LogP contribution < -0.4 is 0 Å². The standard InChI is InChI=1S/C22H27FS/c1-5-7-16(3)9-10-17(4)11-12-18-13-14-19-15-20(8-6-2)24-22(19)21(18)23/h9-10,13-15H,3-8,11-12H2,1-2H3/b10-9-. The monoisotopic (exact) mass is 342 g/mol. The van der Waals surface area contributed by atoms with Crippen LogP contribution in [0.25, 0.3) is 10.1 Å². The van der Waals surface area contributed by atoms with E-state index >= 15 is 0 Å². The van der Waals surface area contributed by atoms with E-state index in [9.17, 15) is 4.39 Å². The van der Waals surface area contributed by atoms with E-state index in [1.165, 1.54) is 4.88 Å². The predicted octanol–water partition coefficient (Wildman–Crippen LogP) is 7.39. The van der Waals surface area contributed by atoms with Gasteiger partial charge in [0.25, 0.3) is 0 Å². The van der Waals surface area contributed by atoms with Gasteiger partial charge >= 0.3 is 0 Å². The highest BCUT2D eigenvalue weighted by Crippen LogP contribution is 2.31. The first-order chi connectivity index (χ1) is 11.5. The third-order valence-corrected chi connectivity index (χ3v) is 5.30. The molecule has 0 atom stereocenters. The molecule has 0 aliphatic heterocycles. The fourth-order valence-electron chi connectivity index (χ4n) is 2.74. The smallest absolute Gasteiger partial charge is 0.144 e. The summed E-state index contributed by atoms with van der Waals surface area (Å²) in [6.07, 6.45) is 9.72. The first-order valence-corrected chi connectivity index (χ1v) is 9.60. The molecule has 0 aliphatic rings. The van der Waals surface area contributed by atoms with Crippen molar-refractivity contribution in [2.24, 2.45) is 0 Å². The maximum absolute atomic E-state index is 14.7. The maximum Gasteiger partial charge on any atom is 0.144 e. The zero-order valence-electron chi connectivity index (χ0n) is 14.8. The molecule has 0 bridgehead atoms. The average molecular weight is 343 g/mol. The largest absolute Gasteiger partial charge is 0.205 e. The van der Waals surface area contributed by atoms with Gasteiger partial charge in [-0.15, -0.1) is 11.3 Å². The maximum atomic E-state index is 14.7. The van der Waals surface area contributed by atoms with Crippen LogP contribution in [0.5, 0.6) is 0 Å². The second-order valence-corrected chi connectivity index (χ2v) is 7.46. The van der Waals surface area contributed by atoms with Crippen molar-refractivity contribution in [1.82, 2.24) is 0 Å². The van der Waals surface area contributed by atoms with Gasteiger partial charge in [-0.1, -0.05) is 75.3 Å². The lowest BCUT2D eigenvalue weighted by Gasteiger charge is -2.05. The van der Waals surface area contributed by atoms with Crippen molar-refractivity contribution in [3.63, 3.8) is 0 Å². The summed E-state index contributed by atoms with van der Waals surface area (Å²) in [6.45, 7) is 12.4. The van der Waals surface area contributed by atoms with E-state index in [4.69, 9.17) is 0 Å². The van der Waals surface area contributed by atoms with Crippen molar-refractivity contribution >= 4 is 21.4 Å². The van der Waals surface area contributed by atoms with Crippen LogP contribution in [0, 0.1) is 5.82 Å². The average Bonchev–Trinajstić information content (AvgIpc) is 2.96. The fraction of sp³-hybridized carbons (Fsp3) is 0.364. The molecular weight excluding hydrogens is 315 g/mol. The Labute approximate surface area is 149 Å². The molecule has 0 aliphatic carbocycles. The molecule has 0 saturated heterocycles. The fourth-order valence-corrected chi connectivity index (χ4v) is 3.96. The summed E-state index contributed by atoms with van der Waals surface area (Å²) in [5.41, 5.74) is 2.92. The Morgan fingerprint density at radius 2 is 1.75 bits per heavy atom. The van der Waals surface area contributed by atoms with Crippen molar-refractivity contribution in [1.29, 1.82) is 0 Å². The van der Waals surface area contributed by atoms with E-state index in [0.717, 1.165) is 58.9 Å². The third-order valence-electron chi connectivity index (χ3n) is 4.09. The summed E-state index contributed by atoms with van der Waals surface area (Å²) in [7, 11) is 0. The number of hydrogen-bond donors (Lipinski definition) is 0. The minimum atomic E-state index is -0.0491. The number of aryl methyl sites for hydroxylation is 2. The minimum Gasteiger partial charge on any atom is -0.205 e. The Morgan fingerprint density at radius 1 is 1.04 bits per heavy atom. The zero-order chi connectivity index (χ0) is 17.5. The van der Waals surface area contributed by atoms with E-state index < -0.39 is 0 Å². The molecule has 0 unspecified atom stereocenters. The molecule has 1 heterocycles. The van der Waals surface area contributed by atoms with Gasteiger partial charge < -0.3 is 0 Å². The zero-order valence-corrected chi connectivity index (χ0v) is 15.6. The number of rotatable bonds is 9. The number of hydrogen-bond acceptors (Lipinski definition) is 1. The van der Waals surface area contributed by atoms with Gasteiger partial charge in [-0.2, -0.15) is 0 Å². The minimum absolute atomic E-state index is 0.0491. The molecule has 2 rings (SSSR count). The lowest BCUT2D eigenvalue weighted by molar-refractivity contribution is 0.622. The van der Waals surface area contributed by atoms with E-state index in [0.29, 0.717) is 6.42 Å². The number of allylic oxidation sites excluding steroid dienone is 4. The van der Waals surface area contributed by atoms with E-state index in [1.54, 1.807) is 11.3 Å². The lowest BCUT2D eigenvalue weighted by Crippen LogP contribution is -1.91. The van der Waals surface area contributed by atoms with E-state index in [1.807, 2.05) is 24.3 Å². The summed E-state index contributed by atoms with van der Waals surface area (Å²) >= 11 is 1.59. The Bertz CT molecular complexity index is 749. The number of benzene rings is 1. The Morgan fingerprint density at radius 3 is 2.42 bits per heavy atom. The molecule has 0 saturated carbocycles. The predicted molar refractivity (Wildman–Crippen MR) is 106 cm³/mol. The molecule has 0 N–H and O–H groups in total. The van der Waals surface area contributed by atoms with Crippen LogP contribution in [0.15, 0.2) is 54.7 Å². The van der Waals surface area contributed by atoms with E-state index in [2.05, 4.69) is 33.1 Å². The van der Waals surface area contributed by atoms with Gasteiger partial charge in [-0.3, -0.25) is 0 Å². The molecule has 128 valence electrons. The molecular formula is C22H27FS. The van der Waals surface area contributed by atoms with Crippen molar-refractivity contribution in [3.05, 3.63) is 70.9 Å². The third kappa shape index (κ3) is 4.91. The molecule has 0 amide bonds. The Balaban J connectivity index is 2.03. The molecule has 24 heavy (non-hydrogen) atoms. The summed E-state index contributed by atoms with van der Waals surface area (Å²) in [4.78, 5) is 1.27. The topological polar surface area (TPSA) is 0 Å². The Hall–Kier alpha value is -1.67. The normalized spacial score (nSPS) is 11.5. The van der Waals surface area contributed by atoms with Gasteiger partial charge in [0, 0.05) is 4.88 Å². The number of halogens is 1. The highest BCUT2D eigenvalue weighted by Gasteiger charge is 2.11. The first kappa shape index (κ1) is 18.7. The number of fused-ring (bicyclic) bond motifs is 1. The van der Waals surface area contributed by atoms with Gasteiger partial charge in [0.1, 0.15) is 5.82 Å². The van der Waals surface area contributed by atoms with Crippen LogP contribution in [0.1, 0.15) is 50.0 Å². The van der Waals surface area contributed by atoms with Gasteiger partial charge in [-0.05, 0) is 42.7 Å². The Kier molecular flexibility index (Phi) is 6.99. The molecule has 2 heteroatoms. The molecule has 0 spiro atoms. The molecule has 0 fully saturated rings. The SMILES string of the molecule is C=C(/C=C\C(=C)CCc1ccc2cc(CCC)sc2c1F)CCC. The quantitative estimate of drug-likeness (QED) is 0.417. The van der Waals surface area contributed by atoms with Gasteiger partial charge in [-0.25, -0.2) is 4.39 Å². The first-order valence-electron chi connectivity index (χ1n) is 8.78. The van der Waals surface area contributed by atoms with Crippen LogP contribution in [-0.2, 0) is 12.8 Å². The van der Waals surface area contributed by atoms with Crippen molar-refractivity contribution in [2.75, 3.05) is 0 Å².